The monoisotopic (exact) mass is 312 g/mol. The van der Waals surface area contributed by atoms with E-state index >= 15 is 0 Å². The number of pyridine rings is 1. The molecule has 0 N–H and O–H groups in total. The Kier molecular flexibility index (Phi) is 4.02. The van der Waals surface area contributed by atoms with Gasteiger partial charge in [0.15, 0.2) is 0 Å². The highest BCUT2D eigenvalue weighted by molar-refractivity contribution is 7.10. The van der Waals surface area contributed by atoms with E-state index in [0.717, 1.165) is 0 Å². The molecule has 0 aliphatic rings. The lowest BCUT2D eigenvalue weighted by Gasteiger charge is -2.24. The predicted molar refractivity (Wildman–Crippen MR) is 86.2 cm³/mol. The fourth-order valence-electron chi connectivity index (χ4n) is 2.19. The van der Waals surface area contributed by atoms with Gasteiger partial charge in [-0.1, -0.05) is 6.07 Å². The van der Waals surface area contributed by atoms with E-state index in [0.29, 0.717) is 11.4 Å². The maximum atomic E-state index is 12.7. The highest BCUT2D eigenvalue weighted by Crippen LogP contribution is 2.24. The van der Waals surface area contributed by atoms with Crippen LogP contribution in [-0.2, 0) is 0 Å². The molecule has 0 radical (unpaired) electrons. The summed E-state index contributed by atoms with van der Waals surface area (Å²) in [6.45, 7) is 2.03. The number of thiophene rings is 1. The fraction of sp³-hybridized carbons (Fsp3) is 0.188. The Labute approximate surface area is 132 Å². The molecule has 3 heterocycles. The minimum Gasteiger partial charge on any atom is -0.334 e. The average Bonchev–Trinajstić information content (AvgIpc) is 3.25. The summed E-state index contributed by atoms with van der Waals surface area (Å²) >= 11 is 1.65. The second-order valence-corrected chi connectivity index (χ2v) is 5.96. The van der Waals surface area contributed by atoms with Crippen molar-refractivity contribution >= 4 is 17.2 Å². The normalized spacial score (nSPS) is 12.1. The van der Waals surface area contributed by atoms with Crippen molar-refractivity contribution in [2.75, 3.05) is 7.05 Å². The van der Waals surface area contributed by atoms with Gasteiger partial charge in [0.05, 0.1) is 6.04 Å². The summed E-state index contributed by atoms with van der Waals surface area (Å²) in [4.78, 5) is 23.9. The zero-order valence-corrected chi connectivity index (χ0v) is 13.2. The molecule has 3 aromatic heterocycles. The third-order valence-electron chi connectivity index (χ3n) is 3.62. The molecular weight excluding hydrogens is 296 g/mol. The molecule has 5 nitrogen and oxygen atoms in total. The molecule has 0 spiro atoms. The van der Waals surface area contributed by atoms with E-state index in [4.69, 9.17) is 0 Å². The maximum Gasteiger partial charge on any atom is 0.254 e. The molecule has 0 bridgehead atoms. The summed E-state index contributed by atoms with van der Waals surface area (Å²) in [5.41, 5.74) is 0.615. The van der Waals surface area contributed by atoms with Crippen molar-refractivity contribution in [3.8, 4) is 5.82 Å². The fourth-order valence-corrected chi connectivity index (χ4v) is 3.01. The summed E-state index contributed by atoms with van der Waals surface area (Å²) in [7, 11) is 1.82. The minimum absolute atomic E-state index is 0.0235. The van der Waals surface area contributed by atoms with Crippen molar-refractivity contribution in [2.45, 2.75) is 13.0 Å². The van der Waals surface area contributed by atoms with E-state index in [2.05, 4.69) is 9.97 Å². The lowest BCUT2D eigenvalue weighted by molar-refractivity contribution is 0.0745. The summed E-state index contributed by atoms with van der Waals surface area (Å²) in [5, 5.41) is 2.02. The Morgan fingerprint density at radius 3 is 2.91 bits per heavy atom. The number of rotatable bonds is 4. The first-order valence-corrected chi connectivity index (χ1v) is 7.79. The van der Waals surface area contributed by atoms with Gasteiger partial charge >= 0.3 is 0 Å². The molecule has 3 rings (SSSR count). The lowest BCUT2D eigenvalue weighted by atomic mass is 10.2. The number of imidazole rings is 1. The number of hydrogen-bond donors (Lipinski definition) is 0. The molecule has 22 heavy (non-hydrogen) atoms. The second kappa shape index (κ2) is 6.11. The van der Waals surface area contributed by atoms with Gasteiger partial charge in [-0.25, -0.2) is 9.97 Å². The van der Waals surface area contributed by atoms with E-state index in [-0.39, 0.29) is 11.9 Å². The number of aromatic nitrogens is 3. The van der Waals surface area contributed by atoms with Crippen LogP contribution in [0, 0.1) is 0 Å². The molecule has 3 aromatic rings. The van der Waals surface area contributed by atoms with Gasteiger partial charge in [0.1, 0.15) is 12.1 Å². The summed E-state index contributed by atoms with van der Waals surface area (Å²) in [6.07, 6.45) is 6.79. The Morgan fingerprint density at radius 1 is 1.36 bits per heavy atom. The van der Waals surface area contributed by atoms with Gasteiger partial charge < -0.3 is 4.90 Å². The lowest BCUT2D eigenvalue weighted by Crippen LogP contribution is -2.29. The van der Waals surface area contributed by atoms with E-state index in [1.807, 2.05) is 31.5 Å². The van der Waals surface area contributed by atoms with Crippen LogP contribution in [0.3, 0.4) is 0 Å². The molecule has 6 heteroatoms. The molecule has 0 saturated heterocycles. The maximum absolute atomic E-state index is 12.7. The van der Waals surface area contributed by atoms with Crippen LogP contribution >= 0.6 is 11.3 Å². The first-order chi connectivity index (χ1) is 10.7. The predicted octanol–water partition coefficient (Wildman–Crippen LogP) is 3.16. The zero-order valence-electron chi connectivity index (χ0n) is 12.4. The number of carbonyl (C=O) groups is 1. The first kappa shape index (κ1) is 14.5. The number of hydrogen-bond acceptors (Lipinski definition) is 4. The molecule has 1 amide bonds. The summed E-state index contributed by atoms with van der Waals surface area (Å²) in [5.74, 6) is 0.658. The molecule has 0 saturated carbocycles. The van der Waals surface area contributed by atoms with Crippen molar-refractivity contribution in [1.29, 1.82) is 0 Å². The van der Waals surface area contributed by atoms with Crippen LogP contribution in [-0.4, -0.2) is 32.4 Å². The smallest absolute Gasteiger partial charge is 0.254 e. The number of amides is 1. The Hall–Kier alpha value is -2.47. The quantitative estimate of drug-likeness (QED) is 0.743. The van der Waals surface area contributed by atoms with Crippen LogP contribution in [0.5, 0.6) is 0 Å². The third kappa shape index (κ3) is 2.78. The third-order valence-corrected chi connectivity index (χ3v) is 4.66. The van der Waals surface area contributed by atoms with Crippen molar-refractivity contribution in [3.63, 3.8) is 0 Å². The van der Waals surface area contributed by atoms with Crippen LogP contribution in [0.15, 0.2) is 54.6 Å². The van der Waals surface area contributed by atoms with Gasteiger partial charge in [0.25, 0.3) is 5.91 Å². The van der Waals surface area contributed by atoms with E-state index in [1.54, 1.807) is 57.9 Å². The summed E-state index contributed by atoms with van der Waals surface area (Å²) < 4.78 is 1.78. The molecule has 0 aliphatic heterocycles. The van der Waals surface area contributed by atoms with Crippen molar-refractivity contribution in [2.24, 2.45) is 0 Å². The largest absolute Gasteiger partial charge is 0.334 e. The average molecular weight is 312 g/mol. The van der Waals surface area contributed by atoms with Crippen LogP contribution in [0.2, 0.25) is 0 Å². The Bertz CT molecular complexity index is 752. The molecule has 0 fully saturated rings. The number of nitrogens with zero attached hydrogens (tertiary/aromatic N) is 4. The van der Waals surface area contributed by atoms with Crippen LogP contribution < -0.4 is 0 Å². The van der Waals surface area contributed by atoms with Gasteiger partial charge in [-0.05, 0) is 30.5 Å². The molecule has 1 atom stereocenters. The zero-order chi connectivity index (χ0) is 15.5. The van der Waals surface area contributed by atoms with Crippen molar-refractivity contribution in [1.82, 2.24) is 19.4 Å². The topological polar surface area (TPSA) is 51.0 Å². The van der Waals surface area contributed by atoms with Gasteiger partial charge in [-0.15, -0.1) is 11.3 Å². The summed E-state index contributed by atoms with van der Waals surface area (Å²) in [6, 6.07) is 7.60. The van der Waals surface area contributed by atoms with Crippen molar-refractivity contribution < 1.29 is 4.79 Å². The van der Waals surface area contributed by atoms with E-state index < -0.39 is 0 Å². The SMILES string of the molecule is C[C@@H](c1cccs1)N(C)C(=O)c1ccnc(-n2ccnc2)c1. The molecule has 0 aliphatic carbocycles. The van der Waals surface area contributed by atoms with Gasteiger partial charge in [0, 0.05) is 36.1 Å². The van der Waals surface area contributed by atoms with E-state index in [9.17, 15) is 4.79 Å². The highest BCUT2D eigenvalue weighted by Gasteiger charge is 2.20. The Morgan fingerprint density at radius 2 is 2.23 bits per heavy atom. The van der Waals surface area contributed by atoms with Crippen molar-refractivity contribution in [3.05, 3.63) is 65.0 Å². The minimum atomic E-state index is -0.0235. The molecule has 0 aromatic carbocycles. The van der Waals surface area contributed by atoms with Gasteiger partial charge in [-0.3, -0.25) is 9.36 Å². The second-order valence-electron chi connectivity index (χ2n) is 4.98. The molecular formula is C16H16N4OS. The highest BCUT2D eigenvalue weighted by atomic mass is 32.1. The van der Waals surface area contributed by atoms with Crippen LogP contribution in [0.1, 0.15) is 28.2 Å². The van der Waals surface area contributed by atoms with Crippen LogP contribution in [0.25, 0.3) is 5.82 Å². The first-order valence-electron chi connectivity index (χ1n) is 6.92. The van der Waals surface area contributed by atoms with Gasteiger partial charge in [-0.2, -0.15) is 0 Å². The van der Waals surface area contributed by atoms with Crippen LogP contribution in [0.4, 0.5) is 0 Å². The Balaban J connectivity index is 1.84. The standard InChI is InChI=1S/C16H16N4OS/c1-12(14-4-3-9-22-14)19(2)16(21)13-5-6-18-15(10-13)20-8-7-17-11-20/h3-12H,1-2H3/t12-/m0/s1. The van der Waals surface area contributed by atoms with Gasteiger partial charge in [0.2, 0.25) is 0 Å². The number of carbonyl (C=O) groups excluding carboxylic acids is 1. The molecule has 112 valence electrons. The molecule has 0 unspecified atom stereocenters. The van der Waals surface area contributed by atoms with E-state index in [1.165, 1.54) is 4.88 Å².